The number of amides is 1. The first-order chi connectivity index (χ1) is 24.6. The number of ketones is 1. The van der Waals surface area contributed by atoms with Crippen LogP contribution in [0.25, 0.3) is 6.08 Å². The van der Waals surface area contributed by atoms with Gasteiger partial charge in [-0.25, -0.2) is 4.79 Å². The van der Waals surface area contributed by atoms with Gasteiger partial charge in [0.15, 0.2) is 11.5 Å². The molecule has 3 aliphatic rings. The molecular weight excluding hydrogens is 652 g/mol. The Hall–Kier alpha value is -4.25. The van der Waals surface area contributed by atoms with Crippen LogP contribution in [0.3, 0.4) is 0 Å². The van der Waals surface area contributed by atoms with E-state index in [1.165, 1.54) is 40.2 Å². The van der Waals surface area contributed by atoms with Crippen molar-refractivity contribution in [2.24, 2.45) is 5.92 Å². The number of methoxy groups -OCH3 is 3. The first-order valence-corrected chi connectivity index (χ1v) is 18.4. The second kappa shape index (κ2) is 17.8. The van der Waals surface area contributed by atoms with E-state index < -0.39 is 23.7 Å². The largest absolute Gasteiger partial charge is 0.507 e. The number of benzene rings is 2. The van der Waals surface area contributed by atoms with Crippen LogP contribution in [0.4, 0.5) is 0 Å². The minimum Gasteiger partial charge on any atom is -0.507 e. The normalized spacial score (nSPS) is 22.5. The molecule has 2 aromatic carbocycles. The maximum absolute atomic E-state index is 13.9. The molecule has 2 aromatic rings. The van der Waals surface area contributed by atoms with Gasteiger partial charge in [0.2, 0.25) is 11.7 Å². The van der Waals surface area contributed by atoms with Crippen LogP contribution in [0.1, 0.15) is 117 Å². The maximum atomic E-state index is 13.9. The van der Waals surface area contributed by atoms with Crippen LogP contribution in [-0.4, -0.2) is 85.9 Å². The molecule has 0 spiro atoms. The molecule has 3 heterocycles. The Morgan fingerprint density at radius 2 is 1.67 bits per heavy atom. The smallest absolute Gasteiger partial charge is 0.342 e. The molecule has 11 nitrogen and oxygen atoms in total. The molecule has 5 rings (SSSR count). The molecule has 2 saturated heterocycles. The van der Waals surface area contributed by atoms with Crippen LogP contribution >= 0.6 is 0 Å². The van der Waals surface area contributed by atoms with E-state index in [0.29, 0.717) is 79.8 Å². The molecule has 0 aliphatic carbocycles. The molecule has 0 saturated carbocycles. The van der Waals surface area contributed by atoms with E-state index in [1.807, 2.05) is 6.08 Å². The number of hydrogen-bond acceptors (Lipinski definition) is 10. The topological polar surface area (TPSA) is 144 Å². The Morgan fingerprint density at radius 3 is 2.39 bits per heavy atom. The number of piperidine rings is 2. The fraction of sp³-hybridized carbons (Fsp3) is 0.575. The third-order valence-corrected chi connectivity index (χ3v) is 10.7. The van der Waals surface area contributed by atoms with Crippen LogP contribution < -0.4 is 19.5 Å². The lowest BCUT2D eigenvalue weighted by molar-refractivity contribution is -0.122. The van der Waals surface area contributed by atoms with Gasteiger partial charge in [-0.05, 0) is 107 Å². The highest BCUT2D eigenvalue weighted by molar-refractivity contribution is 5.98. The number of carbonyl (C=O) groups is 3. The van der Waals surface area contributed by atoms with Crippen molar-refractivity contribution in [2.75, 3.05) is 41.0 Å². The van der Waals surface area contributed by atoms with Crippen LogP contribution in [0.5, 0.6) is 28.7 Å². The molecule has 2 fully saturated rings. The quantitative estimate of drug-likeness (QED) is 0.247. The van der Waals surface area contributed by atoms with Crippen molar-refractivity contribution in [3.05, 3.63) is 46.5 Å². The highest BCUT2D eigenvalue weighted by Crippen LogP contribution is 2.48. The lowest BCUT2D eigenvalue weighted by Crippen LogP contribution is -2.51. The summed E-state index contributed by atoms with van der Waals surface area (Å²) in [6.45, 7) is 4.49. The fourth-order valence-electron chi connectivity index (χ4n) is 8.03. The third-order valence-electron chi connectivity index (χ3n) is 10.7. The van der Waals surface area contributed by atoms with Crippen LogP contribution in [0.15, 0.2) is 24.3 Å². The summed E-state index contributed by atoms with van der Waals surface area (Å²) in [5, 5.41) is 26.8. The predicted octanol–water partition coefficient (Wildman–Crippen LogP) is 6.51. The van der Waals surface area contributed by atoms with Crippen molar-refractivity contribution in [1.82, 2.24) is 10.2 Å². The summed E-state index contributed by atoms with van der Waals surface area (Å²) in [5.74, 6) is -1.15. The molecule has 3 aliphatic heterocycles. The van der Waals surface area contributed by atoms with Gasteiger partial charge in [0.1, 0.15) is 22.8 Å². The van der Waals surface area contributed by atoms with E-state index in [2.05, 4.69) is 10.2 Å². The molecule has 1 amide bonds. The Kier molecular flexibility index (Phi) is 13.3. The number of nitrogens with one attached hydrogen (secondary N) is 1. The number of fused-ring (bicyclic) bond motifs is 2. The Bertz CT molecular complexity index is 1560. The monoisotopic (exact) mass is 706 g/mol. The molecule has 1 unspecified atom stereocenters. The second-order valence-electron chi connectivity index (χ2n) is 14.1. The van der Waals surface area contributed by atoms with Gasteiger partial charge < -0.3 is 39.4 Å². The number of nitrogens with zero attached hydrogens (tertiary/aromatic N) is 1. The van der Waals surface area contributed by atoms with Crippen molar-refractivity contribution in [3.63, 3.8) is 0 Å². The van der Waals surface area contributed by atoms with Crippen molar-refractivity contribution in [1.29, 1.82) is 0 Å². The van der Waals surface area contributed by atoms with Crippen LogP contribution in [-0.2, 0) is 14.3 Å². The highest BCUT2D eigenvalue weighted by Gasteiger charge is 2.35. The van der Waals surface area contributed by atoms with Gasteiger partial charge in [-0.1, -0.05) is 18.6 Å². The average molecular weight is 707 g/mol. The number of ether oxygens (including phenoxy) is 4. The zero-order valence-corrected chi connectivity index (χ0v) is 30.5. The molecule has 278 valence electrons. The van der Waals surface area contributed by atoms with E-state index in [4.69, 9.17) is 18.9 Å². The average Bonchev–Trinajstić information content (AvgIpc) is 3.12. The third kappa shape index (κ3) is 9.16. The van der Waals surface area contributed by atoms with E-state index in [-0.39, 0.29) is 40.6 Å². The van der Waals surface area contributed by atoms with Crippen molar-refractivity contribution < 1.29 is 43.5 Å². The Morgan fingerprint density at radius 1 is 0.941 bits per heavy atom. The summed E-state index contributed by atoms with van der Waals surface area (Å²) in [6.07, 6.45) is 11.7. The summed E-state index contributed by atoms with van der Waals surface area (Å²) in [6, 6.07) is 5.25. The number of allylic oxidation sites excluding steroid dienone is 1. The molecule has 0 aromatic heterocycles. The second-order valence-corrected chi connectivity index (χ2v) is 14.1. The number of Topliss-reactive ketones (excluding diaryl/α,β-unsaturated/α-hetero) is 1. The van der Waals surface area contributed by atoms with Crippen LogP contribution in [0.2, 0.25) is 0 Å². The minimum absolute atomic E-state index is 0.0130. The maximum Gasteiger partial charge on any atom is 0.342 e. The van der Waals surface area contributed by atoms with Gasteiger partial charge in [0.05, 0.1) is 27.4 Å². The van der Waals surface area contributed by atoms with Crippen molar-refractivity contribution >= 4 is 23.7 Å². The summed E-state index contributed by atoms with van der Waals surface area (Å²) in [5.41, 5.74) is 0.691. The van der Waals surface area contributed by atoms with Gasteiger partial charge in [0, 0.05) is 43.3 Å². The van der Waals surface area contributed by atoms with E-state index in [1.54, 1.807) is 25.1 Å². The number of rotatable bonds is 9. The minimum atomic E-state index is -0.921. The number of aromatic hydroxyl groups is 2. The Balaban J connectivity index is 1.54. The molecular formula is C40H54N2O9. The highest BCUT2D eigenvalue weighted by atomic mass is 16.5. The summed E-state index contributed by atoms with van der Waals surface area (Å²) >= 11 is 0. The van der Waals surface area contributed by atoms with Gasteiger partial charge >= 0.3 is 5.97 Å². The SMILES string of the molecule is COc1cc(C(CC(=O)NC[C@@H]2CCCN3CCCC[C@H]23)c2c(O)cc3c(c2O)C(=O)O[C@@H](C)CCCC(=O)CCCC=C3)cc(OC)c1OC. The zero-order chi connectivity index (χ0) is 36.5. The van der Waals surface area contributed by atoms with Crippen molar-refractivity contribution in [2.45, 2.75) is 102 Å². The number of hydrogen-bond donors (Lipinski definition) is 3. The van der Waals surface area contributed by atoms with Gasteiger partial charge in [-0.3, -0.25) is 9.59 Å². The zero-order valence-electron chi connectivity index (χ0n) is 30.5. The van der Waals surface area contributed by atoms with Crippen molar-refractivity contribution in [3.8, 4) is 28.7 Å². The molecule has 3 N–H and O–H groups in total. The number of phenolic OH excluding ortho intramolecular Hbond substituents is 2. The van der Waals surface area contributed by atoms with Crippen LogP contribution in [0, 0.1) is 5.92 Å². The lowest BCUT2D eigenvalue weighted by atomic mass is 9.83. The number of phenols is 2. The molecule has 4 atom stereocenters. The predicted molar refractivity (Wildman–Crippen MR) is 194 cm³/mol. The summed E-state index contributed by atoms with van der Waals surface area (Å²) < 4.78 is 22.6. The van der Waals surface area contributed by atoms with Gasteiger partial charge in [-0.15, -0.1) is 0 Å². The lowest BCUT2D eigenvalue weighted by Gasteiger charge is -2.44. The molecule has 0 bridgehead atoms. The molecule has 11 heteroatoms. The van der Waals surface area contributed by atoms with E-state index >= 15 is 0 Å². The van der Waals surface area contributed by atoms with E-state index in [9.17, 15) is 24.6 Å². The summed E-state index contributed by atoms with van der Waals surface area (Å²) in [7, 11) is 4.47. The molecule has 0 radical (unpaired) electrons. The number of esters is 1. The Labute approximate surface area is 301 Å². The summed E-state index contributed by atoms with van der Waals surface area (Å²) in [4.78, 5) is 42.5. The van der Waals surface area contributed by atoms with Gasteiger partial charge in [0.25, 0.3) is 0 Å². The molecule has 51 heavy (non-hydrogen) atoms. The number of carbonyl (C=O) groups excluding carboxylic acids is 3. The van der Waals surface area contributed by atoms with E-state index in [0.717, 1.165) is 32.4 Å². The first-order valence-electron chi connectivity index (χ1n) is 18.4. The van der Waals surface area contributed by atoms with Gasteiger partial charge in [-0.2, -0.15) is 0 Å². The standard InChI is InChI=1S/C40H54N2O9/c1-25-12-10-16-29(43)15-7-5-6-13-26-20-32(44)37(38(46)36(26)40(47)51-25)30(28-21-33(48-2)39(50-4)34(22-28)49-3)23-35(45)41-24-27-14-11-19-42-18-9-8-17-31(27)42/h6,13,20-22,25,27,30-31,44,46H,5,7-12,14-19,23-24H2,1-4H3,(H,41,45)/t25-,27-,30?,31+/m0/s1. The number of cyclic esters (lactones) is 1. The first kappa shape index (κ1) is 38.0. The fourth-order valence-corrected chi connectivity index (χ4v) is 8.03.